The summed E-state index contributed by atoms with van der Waals surface area (Å²) in [6, 6.07) is 7.82. The second kappa shape index (κ2) is 6.10. The summed E-state index contributed by atoms with van der Waals surface area (Å²) in [6.07, 6.45) is 0.951. The Kier molecular flexibility index (Phi) is 4.21. The van der Waals surface area contributed by atoms with Crippen LogP contribution in [0.1, 0.15) is 13.3 Å². The van der Waals surface area contributed by atoms with E-state index in [0.717, 1.165) is 42.9 Å². The molecule has 0 saturated heterocycles. The molecule has 0 bridgehead atoms. The highest BCUT2D eigenvalue weighted by atomic mass is 16.5. The molecule has 1 aromatic carbocycles. The van der Waals surface area contributed by atoms with Gasteiger partial charge in [-0.05, 0) is 30.7 Å². The summed E-state index contributed by atoms with van der Waals surface area (Å²) in [5.74, 6) is 0.784. The topological polar surface area (TPSA) is 59.9 Å². The zero-order valence-electron chi connectivity index (χ0n) is 9.89. The lowest BCUT2D eigenvalue weighted by Crippen LogP contribution is -2.08. The molecule has 0 amide bonds. The third-order valence-corrected chi connectivity index (χ3v) is 2.42. The van der Waals surface area contributed by atoms with Gasteiger partial charge in [0.05, 0.1) is 5.52 Å². The van der Waals surface area contributed by atoms with Gasteiger partial charge in [-0.25, -0.2) is 0 Å². The molecule has 0 unspecified atom stereocenters. The van der Waals surface area contributed by atoms with Gasteiger partial charge in [0.1, 0.15) is 0 Å². The monoisotopic (exact) mass is 232 g/mol. The summed E-state index contributed by atoms with van der Waals surface area (Å²) in [6.45, 7) is 4.34. The molecule has 0 atom stereocenters. The van der Waals surface area contributed by atoms with Gasteiger partial charge < -0.3 is 10.1 Å². The average molecular weight is 232 g/mol. The maximum absolute atomic E-state index is 5.27. The number of nitrogens with one attached hydrogen (secondary N) is 1. The molecule has 2 aromatic rings. The zero-order chi connectivity index (χ0) is 11.9. The molecule has 1 heterocycles. The fraction of sp³-hybridized carbons (Fsp3) is 0.417. The van der Waals surface area contributed by atoms with Crippen LogP contribution in [0, 0.1) is 0 Å². The molecular formula is C12H16N4O. The maximum Gasteiger partial charge on any atom is 0.160 e. The zero-order valence-corrected chi connectivity index (χ0v) is 9.89. The summed E-state index contributed by atoms with van der Waals surface area (Å²) in [7, 11) is 0. The molecule has 0 aliphatic heterocycles. The quantitative estimate of drug-likeness (QED) is 0.770. The first-order valence-corrected chi connectivity index (χ1v) is 5.81. The maximum atomic E-state index is 5.27. The van der Waals surface area contributed by atoms with Gasteiger partial charge in [-0.2, -0.15) is 0 Å². The van der Waals surface area contributed by atoms with Crippen molar-refractivity contribution in [3.63, 3.8) is 0 Å². The Morgan fingerprint density at radius 3 is 3.00 bits per heavy atom. The van der Waals surface area contributed by atoms with Crippen molar-refractivity contribution in [3.8, 4) is 0 Å². The normalized spacial score (nSPS) is 10.6. The van der Waals surface area contributed by atoms with Gasteiger partial charge in [-0.1, -0.05) is 12.1 Å². The van der Waals surface area contributed by atoms with Gasteiger partial charge >= 0.3 is 0 Å². The summed E-state index contributed by atoms with van der Waals surface area (Å²) < 4.78 is 5.27. The van der Waals surface area contributed by atoms with Crippen molar-refractivity contribution in [2.45, 2.75) is 13.3 Å². The van der Waals surface area contributed by atoms with E-state index >= 15 is 0 Å². The highest BCUT2D eigenvalue weighted by Crippen LogP contribution is 2.16. The van der Waals surface area contributed by atoms with Crippen molar-refractivity contribution < 1.29 is 4.74 Å². The fourth-order valence-corrected chi connectivity index (χ4v) is 1.59. The minimum Gasteiger partial charge on any atom is -0.382 e. The van der Waals surface area contributed by atoms with E-state index in [1.165, 1.54) is 0 Å². The highest BCUT2D eigenvalue weighted by molar-refractivity contribution is 5.88. The lowest BCUT2D eigenvalue weighted by Gasteiger charge is -2.06. The van der Waals surface area contributed by atoms with Crippen molar-refractivity contribution in [2.24, 2.45) is 0 Å². The van der Waals surface area contributed by atoms with Gasteiger partial charge in [0.2, 0.25) is 0 Å². The van der Waals surface area contributed by atoms with Crippen LogP contribution < -0.4 is 5.32 Å². The predicted octanol–water partition coefficient (Wildman–Crippen LogP) is 1.86. The first-order chi connectivity index (χ1) is 8.42. The van der Waals surface area contributed by atoms with E-state index in [1.54, 1.807) is 0 Å². The van der Waals surface area contributed by atoms with Gasteiger partial charge in [0.25, 0.3) is 0 Å². The van der Waals surface area contributed by atoms with Crippen LogP contribution in [-0.2, 0) is 4.74 Å². The average Bonchev–Trinajstić information content (AvgIpc) is 2.39. The molecule has 2 rings (SSSR count). The number of rotatable bonds is 6. The summed E-state index contributed by atoms with van der Waals surface area (Å²) in [5, 5.41) is 16.0. The van der Waals surface area contributed by atoms with E-state index in [4.69, 9.17) is 4.74 Å². The number of hydrogen-bond donors (Lipinski definition) is 1. The van der Waals surface area contributed by atoms with E-state index in [1.807, 2.05) is 31.2 Å². The number of benzene rings is 1. The molecule has 1 aromatic heterocycles. The Bertz CT molecular complexity index is 470. The highest BCUT2D eigenvalue weighted by Gasteiger charge is 2.02. The minimum atomic E-state index is 0.762. The van der Waals surface area contributed by atoms with Crippen LogP contribution in [0.2, 0.25) is 0 Å². The molecule has 0 fully saturated rings. The first kappa shape index (κ1) is 11.7. The second-order valence-electron chi connectivity index (χ2n) is 3.63. The largest absolute Gasteiger partial charge is 0.382 e. The van der Waals surface area contributed by atoms with E-state index in [0.29, 0.717) is 0 Å². The Morgan fingerprint density at radius 2 is 2.12 bits per heavy atom. The van der Waals surface area contributed by atoms with Gasteiger partial charge in [-0.3, -0.25) is 0 Å². The molecule has 0 aliphatic rings. The van der Waals surface area contributed by atoms with Gasteiger partial charge in [0, 0.05) is 25.1 Å². The number of hydrogen-bond acceptors (Lipinski definition) is 5. The standard InChI is InChI=1S/C12H16N4O/c1-2-17-9-5-8-13-12-10-6-3-4-7-11(10)14-16-15-12/h3-4,6-7H,2,5,8-9H2,1H3,(H,13,14,15). The van der Waals surface area contributed by atoms with Crippen LogP contribution in [0.3, 0.4) is 0 Å². The third kappa shape index (κ3) is 3.10. The van der Waals surface area contributed by atoms with E-state index in [9.17, 15) is 0 Å². The Hall–Kier alpha value is -1.75. The molecule has 17 heavy (non-hydrogen) atoms. The Balaban J connectivity index is 1.98. The van der Waals surface area contributed by atoms with Crippen molar-refractivity contribution in [3.05, 3.63) is 24.3 Å². The SMILES string of the molecule is CCOCCCNc1nnnc2ccccc12. The predicted molar refractivity (Wildman–Crippen MR) is 66.9 cm³/mol. The van der Waals surface area contributed by atoms with Crippen molar-refractivity contribution in [1.82, 2.24) is 15.4 Å². The molecule has 0 aliphatic carbocycles. The minimum absolute atomic E-state index is 0.762. The number of aromatic nitrogens is 3. The van der Waals surface area contributed by atoms with Gasteiger partial charge in [0.15, 0.2) is 5.82 Å². The van der Waals surface area contributed by atoms with Crippen LogP contribution in [0.5, 0.6) is 0 Å². The van der Waals surface area contributed by atoms with Crippen LogP contribution in [0.15, 0.2) is 24.3 Å². The number of anilines is 1. The lowest BCUT2D eigenvalue weighted by molar-refractivity contribution is 0.147. The van der Waals surface area contributed by atoms with Crippen molar-refractivity contribution in [2.75, 3.05) is 25.1 Å². The molecular weight excluding hydrogens is 216 g/mol. The number of nitrogens with zero attached hydrogens (tertiary/aromatic N) is 3. The van der Waals surface area contributed by atoms with Crippen molar-refractivity contribution in [1.29, 1.82) is 0 Å². The Labute approximate surface area is 100 Å². The lowest BCUT2D eigenvalue weighted by atomic mass is 10.2. The van der Waals surface area contributed by atoms with Crippen LogP contribution in [-0.4, -0.2) is 35.2 Å². The van der Waals surface area contributed by atoms with Crippen LogP contribution in [0.4, 0.5) is 5.82 Å². The van der Waals surface area contributed by atoms with Gasteiger partial charge in [-0.15, -0.1) is 10.2 Å². The number of fused-ring (bicyclic) bond motifs is 1. The molecule has 90 valence electrons. The molecule has 5 heteroatoms. The molecule has 1 N–H and O–H groups in total. The third-order valence-electron chi connectivity index (χ3n) is 2.42. The second-order valence-corrected chi connectivity index (χ2v) is 3.63. The van der Waals surface area contributed by atoms with Crippen LogP contribution >= 0.6 is 0 Å². The smallest absolute Gasteiger partial charge is 0.160 e. The molecule has 0 spiro atoms. The van der Waals surface area contributed by atoms with E-state index in [-0.39, 0.29) is 0 Å². The van der Waals surface area contributed by atoms with Crippen molar-refractivity contribution >= 4 is 16.7 Å². The Morgan fingerprint density at radius 1 is 1.24 bits per heavy atom. The van der Waals surface area contributed by atoms with E-state index < -0.39 is 0 Å². The summed E-state index contributed by atoms with van der Waals surface area (Å²) in [4.78, 5) is 0. The molecule has 0 radical (unpaired) electrons. The summed E-state index contributed by atoms with van der Waals surface area (Å²) in [5.41, 5.74) is 0.856. The molecule has 0 saturated carbocycles. The number of ether oxygens (including phenoxy) is 1. The fourth-order valence-electron chi connectivity index (χ4n) is 1.59. The van der Waals surface area contributed by atoms with E-state index in [2.05, 4.69) is 20.7 Å². The summed E-state index contributed by atoms with van der Waals surface area (Å²) >= 11 is 0. The van der Waals surface area contributed by atoms with Crippen LogP contribution in [0.25, 0.3) is 10.9 Å². The molecule has 5 nitrogen and oxygen atoms in total. The first-order valence-electron chi connectivity index (χ1n) is 5.81.